The highest BCUT2D eigenvalue weighted by Gasteiger charge is 2.20. The highest BCUT2D eigenvalue weighted by atomic mass is 32.1. The van der Waals surface area contributed by atoms with E-state index in [9.17, 15) is 4.79 Å². The Balaban J connectivity index is 1.95. The molecule has 1 atom stereocenters. The van der Waals surface area contributed by atoms with E-state index >= 15 is 0 Å². The standard InChI is InChI=1S/C18H27N5O2S/c1-18(2,3)15-21-22-17(26-15)20-16(24)19-11-14(23(4)5)12-7-9-13(25-6)10-8-12/h7-10,14H,11H2,1-6H3,(H2,19,20,22,24). The molecule has 0 radical (unpaired) electrons. The van der Waals surface area contributed by atoms with Crippen molar-refractivity contribution < 1.29 is 9.53 Å². The van der Waals surface area contributed by atoms with Crippen molar-refractivity contribution in [1.82, 2.24) is 20.4 Å². The first-order chi connectivity index (χ1) is 12.2. The van der Waals surface area contributed by atoms with Gasteiger partial charge in [-0.1, -0.05) is 44.2 Å². The van der Waals surface area contributed by atoms with Gasteiger partial charge in [0.05, 0.1) is 13.2 Å². The van der Waals surface area contributed by atoms with E-state index in [4.69, 9.17) is 4.74 Å². The van der Waals surface area contributed by atoms with Gasteiger partial charge in [0.1, 0.15) is 10.8 Å². The number of hydrogen-bond donors (Lipinski definition) is 2. The largest absolute Gasteiger partial charge is 0.497 e. The van der Waals surface area contributed by atoms with Crippen LogP contribution in [0.4, 0.5) is 9.93 Å². The first-order valence-electron chi connectivity index (χ1n) is 8.40. The average molecular weight is 378 g/mol. The number of benzene rings is 1. The highest BCUT2D eigenvalue weighted by Crippen LogP contribution is 2.27. The SMILES string of the molecule is COc1ccc(C(CNC(=O)Nc2nnc(C(C)(C)C)s2)N(C)C)cc1. The fourth-order valence-corrected chi connectivity index (χ4v) is 3.13. The molecule has 0 aliphatic heterocycles. The third-order valence-corrected chi connectivity index (χ3v) is 5.13. The molecule has 1 heterocycles. The number of methoxy groups -OCH3 is 1. The second-order valence-electron chi connectivity index (χ2n) is 7.25. The molecule has 0 bridgehead atoms. The van der Waals surface area contributed by atoms with Gasteiger partial charge in [-0.25, -0.2) is 4.79 Å². The van der Waals surface area contributed by atoms with Gasteiger partial charge in [0.2, 0.25) is 5.13 Å². The van der Waals surface area contributed by atoms with Crippen LogP contribution in [0.5, 0.6) is 5.75 Å². The molecule has 8 heteroatoms. The monoisotopic (exact) mass is 377 g/mol. The highest BCUT2D eigenvalue weighted by molar-refractivity contribution is 7.15. The molecule has 26 heavy (non-hydrogen) atoms. The van der Waals surface area contributed by atoms with E-state index in [1.54, 1.807) is 7.11 Å². The maximum absolute atomic E-state index is 12.2. The minimum Gasteiger partial charge on any atom is -0.497 e. The van der Waals surface area contributed by atoms with E-state index in [1.807, 2.05) is 38.4 Å². The minimum atomic E-state index is -0.290. The Morgan fingerprint density at radius 1 is 1.23 bits per heavy atom. The fourth-order valence-electron chi connectivity index (χ4n) is 2.33. The van der Waals surface area contributed by atoms with Gasteiger partial charge in [0.25, 0.3) is 0 Å². The summed E-state index contributed by atoms with van der Waals surface area (Å²) in [7, 11) is 5.60. The van der Waals surface area contributed by atoms with Crippen molar-refractivity contribution in [1.29, 1.82) is 0 Å². The summed E-state index contributed by atoms with van der Waals surface area (Å²) in [5.74, 6) is 0.808. The molecular weight excluding hydrogens is 350 g/mol. The molecule has 2 N–H and O–H groups in total. The van der Waals surface area contributed by atoms with Crippen LogP contribution in [0.3, 0.4) is 0 Å². The molecule has 7 nitrogen and oxygen atoms in total. The quantitative estimate of drug-likeness (QED) is 0.808. The number of nitrogens with zero attached hydrogens (tertiary/aromatic N) is 3. The van der Waals surface area contributed by atoms with Crippen molar-refractivity contribution in [2.24, 2.45) is 0 Å². The third-order valence-electron chi connectivity index (χ3n) is 3.87. The van der Waals surface area contributed by atoms with Crippen LogP contribution in [0, 0.1) is 0 Å². The number of hydrogen-bond acceptors (Lipinski definition) is 6. The van der Waals surface area contributed by atoms with E-state index in [0.717, 1.165) is 16.3 Å². The summed E-state index contributed by atoms with van der Waals surface area (Å²) in [6, 6.07) is 7.60. The van der Waals surface area contributed by atoms with Crippen molar-refractivity contribution in [3.8, 4) is 5.75 Å². The van der Waals surface area contributed by atoms with Crippen LogP contribution in [0.15, 0.2) is 24.3 Å². The van der Waals surface area contributed by atoms with Crippen molar-refractivity contribution in [2.75, 3.05) is 33.1 Å². The molecule has 0 saturated carbocycles. The second kappa shape index (κ2) is 8.46. The lowest BCUT2D eigenvalue weighted by atomic mass is 9.98. The average Bonchev–Trinajstić information content (AvgIpc) is 3.04. The molecule has 0 aliphatic carbocycles. The van der Waals surface area contributed by atoms with Crippen LogP contribution in [0.25, 0.3) is 0 Å². The lowest BCUT2D eigenvalue weighted by Gasteiger charge is -2.25. The zero-order chi connectivity index (χ0) is 19.3. The van der Waals surface area contributed by atoms with Crippen LogP contribution >= 0.6 is 11.3 Å². The first-order valence-corrected chi connectivity index (χ1v) is 9.21. The number of urea groups is 1. The van der Waals surface area contributed by atoms with Gasteiger partial charge in [0, 0.05) is 12.0 Å². The Morgan fingerprint density at radius 2 is 1.88 bits per heavy atom. The Kier molecular flexibility index (Phi) is 6.55. The zero-order valence-corrected chi connectivity index (χ0v) is 17.0. The predicted octanol–water partition coefficient (Wildman–Crippen LogP) is 3.27. The minimum absolute atomic E-state index is 0.0474. The molecule has 2 aromatic rings. The van der Waals surface area contributed by atoms with E-state index in [1.165, 1.54) is 11.3 Å². The number of likely N-dealkylation sites (N-methyl/N-ethyl adjacent to an activating group) is 1. The molecule has 0 saturated heterocycles. The summed E-state index contributed by atoms with van der Waals surface area (Å²) in [5, 5.41) is 15.2. The first kappa shape index (κ1) is 20.1. The number of anilines is 1. The molecule has 0 aliphatic rings. The summed E-state index contributed by atoms with van der Waals surface area (Å²) < 4.78 is 5.19. The molecule has 2 rings (SSSR count). The van der Waals surface area contributed by atoms with E-state index in [0.29, 0.717) is 11.7 Å². The van der Waals surface area contributed by atoms with E-state index < -0.39 is 0 Å². The van der Waals surface area contributed by atoms with Crippen molar-refractivity contribution in [3.05, 3.63) is 34.8 Å². The van der Waals surface area contributed by atoms with Crippen LogP contribution in [0.1, 0.15) is 37.4 Å². The van der Waals surface area contributed by atoms with E-state index in [2.05, 4.69) is 46.5 Å². The molecular formula is C18H27N5O2S. The summed E-state index contributed by atoms with van der Waals surface area (Å²) in [4.78, 5) is 14.3. The molecule has 1 aromatic heterocycles. The van der Waals surface area contributed by atoms with Gasteiger partial charge in [-0.3, -0.25) is 5.32 Å². The lowest BCUT2D eigenvalue weighted by molar-refractivity contribution is 0.243. The Labute approximate surface area is 158 Å². The summed E-state index contributed by atoms with van der Waals surface area (Å²) in [5.41, 5.74) is 1.01. The molecule has 1 aromatic carbocycles. The topological polar surface area (TPSA) is 79.4 Å². The molecule has 0 spiro atoms. The predicted molar refractivity (Wildman–Crippen MR) is 105 cm³/mol. The van der Waals surface area contributed by atoms with Gasteiger partial charge in [-0.2, -0.15) is 0 Å². The normalized spacial score (nSPS) is 12.7. The van der Waals surface area contributed by atoms with Crippen molar-refractivity contribution in [2.45, 2.75) is 32.2 Å². The fraction of sp³-hybridized carbons (Fsp3) is 0.500. The van der Waals surface area contributed by atoms with Gasteiger partial charge in [0.15, 0.2) is 0 Å². The maximum Gasteiger partial charge on any atom is 0.321 e. The molecule has 2 amide bonds. The number of ether oxygens (including phenoxy) is 1. The van der Waals surface area contributed by atoms with Gasteiger partial charge in [-0.15, -0.1) is 10.2 Å². The second-order valence-corrected chi connectivity index (χ2v) is 8.23. The Morgan fingerprint density at radius 3 is 2.38 bits per heavy atom. The maximum atomic E-state index is 12.2. The Bertz CT molecular complexity index is 722. The number of carbonyl (C=O) groups is 1. The van der Waals surface area contributed by atoms with Crippen molar-refractivity contribution in [3.63, 3.8) is 0 Å². The molecule has 0 fully saturated rings. The number of rotatable bonds is 6. The number of carbonyl (C=O) groups excluding carboxylic acids is 1. The van der Waals surface area contributed by atoms with E-state index in [-0.39, 0.29) is 17.5 Å². The lowest BCUT2D eigenvalue weighted by Crippen LogP contribution is -2.36. The van der Waals surface area contributed by atoms with Crippen LogP contribution in [-0.2, 0) is 5.41 Å². The molecule has 1 unspecified atom stereocenters. The smallest absolute Gasteiger partial charge is 0.321 e. The van der Waals surface area contributed by atoms with Crippen LogP contribution in [-0.4, -0.2) is 48.9 Å². The summed E-state index contributed by atoms with van der Waals surface area (Å²) in [6.07, 6.45) is 0. The summed E-state index contributed by atoms with van der Waals surface area (Å²) in [6.45, 7) is 6.66. The van der Waals surface area contributed by atoms with Gasteiger partial charge in [-0.05, 0) is 31.8 Å². The number of aromatic nitrogens is 2. The van der Waals surface area contributed by atoms with Gasteiger partial charge < -0.3 is 15.0 Å². The zero-order valence-electron chi connectivity index (χ0n) is 16.2. The van der Waals surface area contributed by atoms with Crippen LogP contribution in [0.2, 0.25) is 0 Å². The molecule has 142 valence electrons. The van der Waals surface area contributed by atoms with Crippen molar-refractivity contribution >= 4 is 22.5 Å². The Hall–Kier alpha value is -2.19. The number of nitrogens with one attached hydrogen (secondary N) is 2. The van der Waals surface area contributed by atoms with Gasteiger partial charge >= 0.3 is 6.03 Å². The number of amides is 2. The van der Waals surface area contributed by atoms with Crippen LogP contribution < -0.4 is 15.4 Å². The summed E-state index contributed by atoms with van der Waals surface area (Å²) >= 11 is 1.39. The third kappa shape index (κ3) is 5.40.